The smallest absolute Gasteiger partial charge is 0.417 e. The molecule has 2 aromatic heterocycles. The molecule has 3 aromatic rings. The quantitative estimate of drug-likeness (QED) is 0.539. The summed E-state index contributed by atoms with van der Waals surface area (Å²) in [4.78, 5) is 25.3. The number of pyridine rings is 1. The van der Waals surface area contributed by atoms with Gasteiger partial charge < -0.3 is 14.2 Å². The maximum Gasteiger partial charge on any atom is 0.417 e. The highest BCUT2D eigenvalue weighted by molar-refractivity contribution is 5.95. The third-order valence-corrected chi connectivity index (χ3v) is 6.28. The SMILES string of the molecule is O=C(c1ccc(-c2cnco2)cc1)N(C1CC1)C1CCN(c2ccc(C(F)(F)F)cn2)CC1. The maximum absolute atomic E-state index is 13.4. The minimum atomic E-state index is -4.39. The zero-order valence-corrected chi connectivity index (χ0v) is 17.8. The lowest BCUT2D eigenvalue weighted by Crippen LogP contribution is -2.48. The lowest BCUT2D eigenvalue weighted by atomic mass is 10.0. The molecule has 0 radical (unpaired) electrons. The summed E-state index contributed by atoms with van der Waals surface area (Å²) in [6.07, 6.45) is 3.00. The van der Waals surface area contributed by atoms with E-state index in [1.54, 1.807) is 6.20 Å². The minimum Gasteiger partial charge on any atom is -0.444 e. The van der Waals surface area contributed by atoms with Gasteiger partial charge in [-0.25, -0.2) is 9.97 Å². The van der Waals surface area contributed by atoms with Crippen LogP contribution >= 0.6 is 0 Å². The molecule has 2 aliphatic rings. The summed E-state index contributed by atoms with van der Waals surface area (Å²) in [5, 5.41) is 0. The summed E-state index contributed by atoms with van der Waals surface area (Å²) >= 11 is 0. The van der Waals surface area contributed by atoms with Gasteiger partial charge in [0.05, 0.1) is 11.8 Å². The van der Waals surface area contributed by atoms with Crippen LogP contribution in [-0.2, 0) is 6.18 Å². The van der Waals surface area contributed by atoms with Gasteiger partial charge in [-0.1, -0.05) is 12.1 Å². The molecule has 0 spiro atoms. The summed E-state index contributed by atoms with van der Waals surface area (Å²) in [6.45, 7) is 1.29. The Morgan fingerprint density at radius 3 is 2.21 bits per heavy atom. The van der Waals surface area contributed by atoms with Crippen molar-refractivity contribution in [2.45, 2.75) is 43.9 Å². The van der Waals surface area contributed by atoms with Crippen LogP contribution in [0, 0.1) is 0 Å². The fourth-order valence-electron chi connectivity index (χ4n) is 4.38. The number of oxazole rings is 1. The molecule has 1 amide bonds. The third kappa shape index (κ3) is 4.58. The van der Waals surface area contributed by atoms with Gasteiger partial charge in [-0.3, -0.25) is 4.79 Å². The third-order valence-electron chi connectivity index (χ3n) is 6.28. The first-order chi connectivity index (χ1) is 15.9. The van der Waals surface area contributed by atoms with Crippen LogP contribution in [0.4, 0.5) is 19.0 Å². The summed E-state index contributed by atoms with van der Waals surface area (Å²) < 4.78 is 43.7. The summed E-state index contributed by atoms with van der Waals surface area (Å²) in [5.74, 6) is 1.21. The zero-order valence-electron chi connectivity index (χ0n) is 17.8. The molecule has 1 aromatic carbocycles. The Morgan fingerprint density at radius 1 is 0.970 bits per heavy atom. The van der Waals surface area contributed by atoms with Gasteiger partial charge in [-0.05, 0) is 49.9 Å². The lowest BCUT2D eigenvalue weighted by molar-refractivity contribution is -0.137. The van der Waals surface area contributed by atoms with E-state index in [9.17, 15) is 18.0 Å². The van der Waals surface area contributed by atoms with E-state index in [-0.39, 0.29) is 18.0 Å². The number of carbonyl (C=O) groups is 1. The van der Waals surface area contributed by atoms with Crippen LogP contribution in [0.5, 0.6) is 0 Å². The molecule has 33 heavy (non-hydrogen) atoms. The molecule has 1 aliphatic carbocycles. The Morgan fingerprint density at radius 2 is 1.67 bits per heavy atom. The highest BCUT2D eigenvalue weighted by Gasteiger charge is 2.39. The second kappa shape index (κ2) is 8.53. The number of hydrogen-bond donors (Lipinski definition) is 0. The number of benzene rings is 1. The molecule has 3 heterocycles. The van der Waals surface area contributed by atoms with Gasteiger partial charge in [0.1, 0.15) is 5.82 Å². The van der Waals surface area contributed by atoms with E-state index in [4.69, 9.17) is 4.42 Å². The Labute approximate surface area is 189 Å². The molecule has 0 bridgehead atoms. The van der Waals surface area contributed by atoms with Gasteiger partial charge in [-0.15, -0.1) is 0 Å². The van der Waals surface area contributed by atoms with Gasteiger partial charge in [0.2, 0.25) is 0 Å². The van der Waals surface area contributed by atoms with Gasteiger partial charge in [0.15, 0.2) is 12.2 Å². The van der Waals surface area contributed by atoms with Crippen molar-refractivity contribution in [3.63, 3.8) is 0 Å². The van der Waals surface area contributed by atoms with Crippen molar-refractivity contribution >= 4 is 11.7 Å². The summed E-state index contributed by atoms with van der Waals surface area (Å²) in [7, 11) is 0. The molecule has 2 fully saturated rings. The number of carbonyl (C=O) groups excluding carboxylic acids is 1. The van der Waals surface area contributed by atoms with E-state index in [0.29, 0.717) is 30.2 Å². The van der Waals surface area contributed by atoms with Crippen LogP contribution in [0.25, 0.3) is 11.3 Å². The van der Waals surface area contributed by atoms with Crippen molar-refractivity contribution in [3.8, 4) is 11.3 Å². The molecule has 5 rings (SSSR count). The van der Waals surface area contributed by atoms with Gasteiger partial charge in [0, 0.05) is 42.5 Å². The fraction of sp³-hybridized carbons (Fsp3) is 0.375. The van der Waals surface area contributed by atoms with Crippen LogP contribution in [0.3, 0.4) is 0 Å². The van der Waals surface area contributed by atoms with E-state index in [1.165, 1.54) is 12.5 Å². The van der Waals surface area contributed by atoms with Crippen molar-refractivity contribution in [2.24, 2.45) is 0 Å². The second-order valence-electron chi connectivity index (χ2n) is 8.51. The molecule has 0 N–H and O–H groups in total. The lowest BCUT2D eigenvalue weighted by Gasteiger charge is -2.39. The van der Waals surface area contributed by atoms with Crippen molar-refractivity contribution in [1.82, 2.24) is 14.9 Å². The molecule has 1 aliphatic heterocycles. The van der Waals surface area contributed by atoms with Gasteiger partial charge in [-0.2, -0.15) is 13.2 Å². The number of alkyl halides is 3. The number of aromatic nitrogens is 2. The highest BCUT2D eigenvalue weighted by Crippen LogP contribution is 2.35. The van der Waals surface area contributed by atoms with Crippen molar-refractivity contribution in [2.75, 3.05) is 18.0 Å². The Kier molecular flexibility index (Phi) is 5.55. The van der Waals surface area contributed by atoms with E-state index < -0.39 is 11.7 Å². The molecule has 1 saturated carbocycles. The number of nitrogens with zero attached hydrogens (tertiary/aromatic N) is 4. The van der Waals surface area contributed by atoms with Crippen molar-refractivity contribution in [1.29, 1.82) is 0 Å². The van der Waals surface area contributed by atoms with E-state index in [2.05, 4.69) is 9.97 Å². The molecule has 0 unspecified atom stereocenters. The summed E-state index contributed by atoms with van der Waals surface area (Å²) in [6, 6.07) is 10.2. The number of anilines is 1. The van der Waals surface area contributed by atoms with E-state index >= 15 is 0 Å². The predicted octanol–water partition coefficient (Wildman–Crippen LogP) is 5.03. The van der Waals surface area contributed by atoms with Crippen LogP contribution < -0.4 is 4.90 Å². The Hall–Kier alpha value is -3.36. The first-order valence-corrected chi connectivity index (χ1v) is 11.0. The number of amides is 1. The van der Waals surface area contributed by atoms with Crippen LogP contribution in [0.2, 0.25) is 0 Å². The van der Waals surface area contributed by atoms with E-state index in [0.717, 1.165) is 43.5 Å². The number of piperidine rings is 1. The minimum absolute atomic E-state index is 0.0210. The first kappa shape index (κ1) is 21.5. The predicted molar refractivity (Wildman–Crippen MR) is 116 cm³/mol. The molecule has 6 nitrogen and oxygen atoms in total. The average molecular weight is 456 g/mol. The largest absolute Gasteiger partial charge is 0.444 e. The molecule has 0 atom stereocenters. The number of halogens is 3. The number of rotatable bonds is 5. The topological polar surface area (TPSA) is 62.5 Å². The van der Waals surface area contributed by atoms with Crippen LogP contribution in [0.15, 0.2) is 59.6 Å². The maximum atomic E-state index is 13.4. The van der Waals surface area contributed by atoms with E-state index in [1.807, 2.05) is 34.1 Å². The van der Waals surface area contributed by atoms with Crippen molar-refractivity contribution < 1.29 is 22.4 Å². The summed E-state index contributed by atoms with van der Waals surface area (Å²) in [5.41, 5.74) is 0.748. The first-order valence-electron chi connectivity index (χ1n) is 11.0. The standard InChI is InChI=1S/C24H23F3N4O2/c25-24(26,27)18-5-8-22(29-13-18)30-11-9-20(10-12-30)31(19-6-7-19)23(32)17-3-1-16(2-4-17)21-14-28-15-33-21/h1-5,8,13-15,19-20H,6-7,9-12H2. The highest BCUT2D eigenvalue weighted by atomic mass is 19.4. The average Bonchev–Trinajstić information content (AvgIpc) is 3.50. The molecule has 1 saturated heterocycles. The Balaban J connectivity index is 1.25. The molecule has 9 heteroatoms. The van der Waals surface area contributed by atoms with Gasteiger partial charge >= 0.3 is 6.18 Å². The number of hydrogen-bond acceptors (Lipinski definition) is 5. The zero-order chi connectivity index (χ0) is 23.0. The fourth-order valence-corrected chi connectivity index (χ4v) is 4.38. The second-order valence-corrected chi connectivity index (χ2v) is 8.51. The van der Waals surface area contributed by atoms with Crippen molar-refractivity contribution in [3.05, 3.63) is 66.3 Å². The molecule has 172 valence electrons. The normalized spacial score (nSPS) is 17.2. The molecular weight excluding hydrogens is 433 g/mol. The van der Waals surface area contributed by atoms with Crippen LogP contribution in [-0.4, -0.2) is 45.9 Å². The van der Waals surface area contributed by atoms with Crippen LogP contribution in [0.1, 0.15) is 41.6 Å². The Bertz CT molecular complexity index is 1090. The van der Waals surface area contributed by atoms with Gasteiger partial charge in [0.25, 0.3) is 5.91 Å². The molecular formula is C24H23F3N4O2. The monoisotopic (exact) mass is 456 g/mol.